The van der Waals surface area contributed by atoms with Gasteiger partial charge in [0.15, 0.2) is 0 Å². The number of thioether (sulfide) groups is 1. The average Bonchev–Trinajstić information content (AvgIpc) is 2.89. The molecule has 29 heavy (non-hydrogen) atoms. The van der Waals surface area contributed by atoms with E-state index in [-0.39, 0.29) is 19.9 Å². The van der Waals surface area contributed by atoms with Crippen LogP contribution in [0.1, 0.15) is 18.4 Å². The first-order chi connectivity index (χ1) is 13.6. The van der Waals surface area contributed by atoms with Gasteiger partial charge in [-0.2, -0.15) is 0 Å². The van der Waals surface area contributed by atoms with E-state index in [9.17, 15) is 34.7 Å². The average molecular weight is 455 g/mol. The van der Waals surface area contributed by atoms with Crippen molar-refractivity contribution in [3.8, 4) is 0 Å². The molecule has 1 saturated heterocycles. The van der Waals surface area contributed by atoms with Crippen LogP contribution in [-0.4, -0.2) is 38.0 Å². The van der Waals surface area contributed by atoms with E-state index in [1.165, 1.54) is 36.4 Å². The summed E-state index contributed by atoms with van der Waals surface area (Å²) in [6.45, 7) is 0. The molecule has 0 spiro atoms. The summed E-state index contributed by atoms with van der Waals surface area (Å²) in [4.78, 5) is 45.4. The minimum Gasteiger partial charge on any atom is -0.550 e. The SMILES string of the molecule is O=C([O-])CC[C@H](C(=O)[O-])N1C(=O)/C(=C/C(Cl)=C/c2ccc([N+](=O)[O-])cc2)SC1=S. The summed E-state index contributed by atoms with van der Waals surface area (Å²) in [6, 6.07) is 3.95. The number of halogens is 1. The van der Waals surface area contributed by atoms with Gasteiger partial charge in [0.1, 0.15) is 4.32 Å². The fourth-order valence-electron chi connectivity index (χ4n) is 2.37. The van der Waals surface area contributed by atoms with E-state index in [1.54, 1.807) is 0 Å². The van der Waals surface area contributed by atoms with Crippen molar-refractivity contribution in [1.29, 1.82) is 0 Å². The highest BCUT2D eigenvalue weighted by Gasteiger charge is 2.37. The first-order valence-corrected chi connectivity index (χ1v) is 9.50. The fraction of sp³-hybridized carbons (Fsp3) is 0.176. The zero-order chi connectivity index (χ0) is 21.7. The van der Waals surface area contributed by atoms with Gasteiger partial charge in [0, 0.05) is 23.1 Å². The van der Waals surface area contributed by atoms with Crippen LogP contribution in [0.2, 0.25) is 0 Å². The van der Waals surface area contributed by atoms with Crippen molar-refractivity contribution >= 4 is 69.5 Å². The number of carboxylic acid groups (broad SMARTS) is 2. The Balaban J connectivity index is 2.22. The summed E-state index contributed by atoms with van der Waals surface area (Å²) < 4.78 is -0.0754. The minimum absolute atomic E-state index is 0.0397. The van der Waals surface area contributed by atoms with Crippen LogP contribution in [0.15, 0.2) is 40.3 Å². The molecule has 1 heterocycles. The third-order valence-electron chi connectivity index (χ3n) is 3.71. The minimum atomic E-state index is -1.64. The molecule has 1 aromatic carbocycles. The van der Waals surface area contributed by atoms with Crippen LogP contribution in [-0.2, 0) is 14.4 Å². The summed E-state index contributed by atoms with van der Waals surface area (Å²) in [5.41, 5.74) is 0.443. The predicted octanol–water partition coefficient (Wildman–Crippen LogP) is 0.567. The summed E-state index contributed by atoms with van der Waals surface area (Å²) in [5, 5.41) is 32.7. The molecule has 0 aromatic heterocycles. The Kier molecular flexibility index (Phi) is 7.48. The van der Waals surface area contributed by atoms with E-state index in [0.717, 1.165) is 16.7 Å². The number of thiocarbonyl (C=S) groups is 1. The summed E-state index contributed by atoms with van der Waals surface area (Å²) in [7, 11) is 0. The highest BCUT2D eigenvalue weighted by atomic mass is 35.5. The maximum absolute atomic E-state index is 12.5. The van der Waals surface area contributed by atoms with E-state index in [0.29, 0.717) is 5.56 Å². The van der Waals surface area contributed by atoms with Crippen molar-refractivity contribution < 1.29 is 29.5 Å². The van der Waals surface area contributed by atoms with E-state index in [1.807, 2.05) is 0 Å². The lowest BCUT2D eigenvalue weighted by Gasteiger charge is -2.27. The van der Waals surface area contributed by atoms with Gasteiger partial charge in [-0.15, -0.1) is 0 Å². The zero-order valence-corrected chi connectivity index (χ0v) is 16.8. The molecule has 0 bridgehead atoms. The van der Waals surface area contributed by atoms with Crippen LogP contribution in [0.4, 0.5) is 5.69 Å². The topological polar surface area (TPSA) is 144 Å². The lowest BCUT2D eigenvalue weighted by molar-refractivity contribution is -0.384. The van der Waals surface area contributed by atoms with Crippen molar-refractivity contribution in [2.75, 3.05) is 0 Å². The van der Waals surface area contributed by atoms with Crippen molar-refractivity contribution in [2.24, 2.45) is 0 Å². The molecule has 0 unspecified atom stereocenters. The van der Waals surface area contributed by atoms with E-state index in [2.05, 4.69) is 0 Å². The lowest BCUT2D eigenvalue weighted by atomic mass is 10.1. The summed E-state index contributed by atoms with van der Waals surface area (Å²) in [5.74, 6) is -3.86. The smallest absolute Gasteiger partial charge is 0.269 e. The normalized spacial score (nSPS) is 16.9. The number of rotatable bonds is 8. The van der Waals surface area contributed by atoms with Crippen LogP contribution in [0.5, 0.6) is 0 Å². The molecule has 1 aromatic rings. The number of benzene rings is 1. The molecule has 0 saturated carbocycles. The maximum atomic E-state index is 12.5. The van der Waals surface area contributed by atoms with E-state index < -0.39 is 41.7 Å². The van der Waals surface area contributed by atoms with Crippen LogP contribution in [0.25, 0.3) is 6.08 Å². The van der Waals surface area contributed by atoms with Crippen molar-refractivity contribution in [2.45, 2.75) is 18.9 Å². The number of nitro benzene ring substituents is 1. The monoisotopic (exact) mass is 454 g/mol. The quantitative estimate of drug-likeness (QED) is 0.238. The number of amides is 1. The predicted molar refractivity (Wildman–Crippen MR) is 105 cm³/mol. The highest BCUT2D eigenvalue weighted by molar-refractivity contribution is 8.26. The Labute approximate surface area is 178 Å². The number of nitro groups is 1. The molecule has 1 aliphatic rings. The Morgan fingerprint density at radius 2 is 1.90 bits per heavy atom. The van der Waals surface area contributed by atoms with Gasteiger partial charge in [-0.25, -0.2) is 0 Å². The molecule has 9 nitrogen and oxygen atoms in total. The van der Waals surface area contributed by atoms with Crippen molar-refractivity contribution in [1.82, 2.24) is 4.90 Å². The molecule has 0 aliphatic carbocycles. The Morgan fingerprint density at radius 1 is 1.28 bits per heavy atom. The zero-order valence-electron chi connectivity index (χ0n) is 14.4. The van der Waals surface area contributed by atoms with Gasteiger partial charge in [-0.3, -0.25) is 19.8 Å². The number of allylic oxidation sites excluding steroid dienone is 2. The summed E-state index contributed by atoms with van der Waals surface area (Å²) in [6.07, 6.45) is 1.71. The number of non-ortho nitro benzene ring substituents is 1. The molecule has 0 radical (unpaired) electrons. The van der Waals surface area contributed by atoms with E-state index in [4.69, 9.17) is 23.8 Å². The van der Waals surface area contributed by atoms with Gasteiger partial charge in [0.05, 0.1) is 21.8 Å². The van der Waals surface area contributed by atoms with Crippen molar-refractivity contribution in [3.63, 3.8) is 0 Å². The molecular formula is C17H11ClN2O7S2-2. The second-order valence-electron chi connectivity index (χ2n) is 5.68. The van der Waals surface area contributed by atoms with Crippen LogP contribution in [0.3, 0.4) is 0 Å². The van der Waals surface area contributed by atoms with Gasteiger partial charge in [-0.05, 0) is 42.7 Å². The molecule has 1 atom stereocenters. The molecule has 1 aliphatic heterocycles. The third kappa shape index (κ3) is 5.86. The fourth-order valence-corrected chi connectivity index (χ4v) is 4.02. The Bertz CT molecular complexity index is 944. The number of hydrogen-bond donors (Lipinski definition) is 0. The summed E-state index contributed by atoms with van der Waals surface area (Å²) >= 11 is 12.0. The molecule has 2 rings (SSSR count). The Morgan fingerprint density at radius 3 is 2.41 bits per heavy atom. The first kappa shape index (κ1) is 22.5. The lowest BCUT2D eigenvalue weighted by Crippen LogP contribution is -2.50. The largest absolute Gasteiger partial charge is 0.550 e. The number of hydrogen-bond acceptors (Lipinski definition) is 9. The second kappa shape index (κ2) is 9.63. The standard InChI is InChI=1S/C17H13ClN2O7S2/c18-10(7-9-1-3-11(4-2-9)20(26)27)8-13-15(23)19(17(28)29-13)12(16(24)25)5-6-14(21)22/h1-4,7-8,12H,5-6H2,(H,21,22)(H,24,25)/p-2/b10-7-,13-8-/t12-/m1/s1. The Hall–Kier alpha value is -2.76. The molecule has 12 heteroatoms. The van der Waals surface area contributed by atoms with Crippen LogP contribution < -0.4 is 10.2 Å². The van der Waals surface area contributed by atoms with Crippen LogP contribution in [0, 0.1) is 10.1 Å². The molecule has 1 amide bonds. The number of carbonyl (C=O) groups excluding carboxylic acids is 3. The second-order valence-corrected chi connectivity index (χ2v) is 7.79. The number of carboxylic acids is 2. The van der Waals surface area contributed by atoms with Gasteiger partial charge in [-0.1, -0.05) is 35.6 Å². The molecule has 1 fully saturated rings. The first-order valence-electron chi connectivity index (χ1n) is 7.89. The maximum Gasteiger partial charge on any atom is 0.269 e. The highest BCUT2D eigenvalue weighted by Crippen LogP contribution is 2.35. The van der Waals surface area contributed by atoms with Crippen LogP contribution >= 0.6 is 35.6 Å². The molecule has 152 valence electrons. The number of carbonyl (C=O) groups is 3. The van der Waals surface area contributed by atoms with Gasteiger partial charge < -0.3 is 19.8 Å². The number of nitrogens with zero attached hydrogens (tertiary/aromatic N) is 2. The van der Waals surface area contributed by atoms with Gasteiger partial charge in [0.25, 0.3) is 11.6 Å². The third-order valence-corrected chi connectivity index (χ3v) is 5.26. The van der Waals surface area contributed by atoms with Gasteiger partial charge in [0.2, 0.25) is 0 Å². The van der Waals surface area contributed by atoms with Crippen molar-refractivity contribution in [3.05, 3.63) is 56.0 Å². The van der Waals surface area contributed by atoms with E-state index >= 15 is 0 Å². The van der Waals surface area contributed by atoms with Gasteiger partial charge >= 0.3 is 0 Å². The molecule has 0 N–H and O–H groups in total. The molecular weight excluding hydrogens is 444 g/mol. The number of aliphatic carboxylic acids is 2.